The van der Waals surface area contributed by atoms with Crippen LogP contribution in [0.15, 0.2) is 176 Å². The van der Waals surface area contributed by atoms with Crippen LogP contribution >= 0.6 is 11.3 Å². The molecule has 55 heavy (non-hydrogen) atoms. The van der Waals surface area contributed by atoms with E-state index in [9.17, 15) is 0 Å². The summed E-state index contributed by atoms with van der Waals surface area (Å²) in [7, 11) is 0. The van der Waals surface area contributed by atoms with E-state index in [1.54, 1.807) is 11.3 Å². The van der Waals surface area contributed by atoms with E-state index >= 15 is 0 Å². The predicted molar refractivity (Wildman–Crippen MR) is 224 cm³/mol. The molecule has 0 aliphatic heterocycles. The van der Waals surface area contributed by atoms with Crippen LogP contribution in [-0.2, 0) is 0 Å². The largest absolute Gasteiger partial charge is 0.309 e. The normalized spacial score (nSPS) is 11.6. The lowest BCUT2D eigenvalue weighted by Gasteiger charge is -2.11. The highest BCUT2D eigenvalue weighted by atomic mass is 32.1. The van der Waals surface area contributed by atoms with Crippen LogP contribution in [0.3, 0.4) is 0 Å². The van der Waals surface area contributed by atoms with Crippen molar-refractivity contribution in [3.05, 3.63) is 176 Å². The fraction of sp³-hybridized carbons (Fsp3) is 0. The third kappa shape index (κ3) is 5.22. The Kier molecular flexibility index (Phi) is 7.21. The van der Waals surface area contributed by atoms with Crippen molar-refractivity contribution in [2.45, 2.75) is 0 Å². The van der Waals surface area contributed by atoms with Crippen molar-refractivity contribution in [1.29, 1.82) is 0 Å². The lowest BCUT2D eigenvalue weighted by Crippen LogP contribution is -2.06. The molecule has 0 radical (unpaired) electrons. The number of benzene rings is 7. The van der Waals surface area contributed by atoms with Crippen LogP contribution in [0.4, 0.5) is 0 Å². The molecule has 7 nitrogen and oxygen atoms in total. The summed E-state index contributed by atoms with van der Waals surface area (Å²) >= 11 is 1.59. The van der Waals surface area contributed by atoms with Crippen molar-refractivity contribution in [3.8, 4) is 55.6 Å². The second kappa shape index (κ2) is 12.7. The molecule has 0 aliphatic carbocycles. The quantitative estimate of drug-likeness (QED) is 0.171. The van der Waals surface area contributed by atoms with Gasteiger partial charge >= 0.3 is 0 Å². The van der Waals surface area contributed by atoms with Gasteiger partial charge in [0, 0.05) is 49.5 Å². The highest BCUT2D eigenvalue weighted by molar-refractivity contribution is 7.17. The summed E-state index contributed by atoms with van der Waals surface area (Å²) in [6.45, 7) is 0. The monoisotopic (exact) mass is 723 g/mol. The maximum atomic E-state index is 5.10. The molecule has 0 saturated heterocycles. The van der Waals surface area contributed by atoms with Crippen molar-refractivity contribution in [2.75, 3.05) is 0 Å². The van der Waals surface area contributed by atoms with Gasteiger partial charge in [-0.2, -0.15) is 9.97 Å². The zero-order valence-corrected chi connectivity index (χ0v) is 30.1. The first kappa shape index (κ1) is 31.3. The first-order valence-corrected chi connectivity index (χ1v) is 18.9. The summed E-state index contributed by atoms with van der Waals surface area (Å²) in [4.78, 5) is 15.1. The highest BCUT2D eigenvalue weighted by Crippen LogP contribution is 2.39. The highest BCUT2D eigenvalue weighted by Gasteiger charge is 2.20. The second-order valence-corrected chi connectivity index (χ2v) is 14.4. The third-order valence-electron chi connectivity index (χ3n) is 10.2. The molecule has 0 fully saturated rings. The van der Waals surface area contributed by atoms with Crippen LogP contribution in [-0.4, -0.2) is 34.3 Å². The smallest absolute Gasteiger partial charge is 0.238 e. The number of nitrogens with zero attached hydrogens (tertiary/aromatic N) is 7. The number of fused-ring (bicyclic) bond motifs is 6. The van der Waals surface area contributed by atoms with E-state index in [1.165, 1.54) is 16.3 Å². The van der Waals surface area contributed by atoms with Crippen LogP contribution in [0.1, 0.15) is 0 Å². The maximum absolute atomic E-state index is 5.10. The Morgan fingerprint density at radius 3 is 1.33 bits per heavy atom. The average Bonchev–Trinajstić information content (AvgIpc) is 3.97. The Labute approximate surface area is 319 Å². The fourth-order valence-electron chi connectivity index (χ4n) is 7.63. The molecule has 11 rings (SSSR count). The molecular formula is C47H29N7S. The Morgan fingerprint density at radius 1 is 0.345 bits per heavy atom. The van der Waals surface area contributed by atoms with Gasteiger partial charge in [-0.3, -0.25) is 4.57 Å². The molecule has 7 aromatic carbocycles. The van der Waals surface area contributed by atoms with Crippen molar-refractivity contribution >= 4 is 54.9 Å². The molecule has 0 spiro atoms. The molecule has 0 amide bonds. The van der Waals surface area contributed by atoms with Crippen LogP contribution in [0.5, 0.6) is 0 Å². The minimum atomic E-state index is 0.552. The minimum Gasteiger partial charge on any atom is -0.309 e. The second-order valence-electron chi connectivity index (χ2n) is 13.4. The van der Waals surface area contributed by atoms with Gasteiger partial charge in [0.05, 0.1) is 22.1 Å². The fourth-order valence-corrected chi connectivity index (χ4v) is 8.47. The molecule has 4 heterocycles. The van der Waals surface area contributed by atoms with E-state index < -0.39 is 0 Å². The topological polar surface area (TPSA) is 74.3 Å². The molecule has 11 aromatic rings. The molecule has 0 unspecified atom stereocenters. The van der Waals surface area contributed by atoms with E-state index in [1.807, 2.05) is 60.7 Å². The average molecular weight is 724 g/mol. The standard InChI is InChI=1S/C47H29N7S/c1-4-14-30(15-5-1)43-48-44(31-16-6-2-7-17-31)50-47(49-43)54-40-23-13-11-21-36(40)38-27-25-33(29-42(38)54)46-52-51-45(55-46)32-24-26-37-35-20-10-12-22-39(35)53(41(37)28-32)34-18-8-3-9-19-34/h1-29H. The molecule has 0 aliphatic rings. The van der Waals surface area contributed by atoms with Gasteiger partial charge < -0.3 is 4.57 Å². The molecule has 8 heteroatoms. The lowest BCUT2D eigenvalue weighted by molar-refractivity contribution is 0.953. The number of rotatable bonds is 6. The molecule has 0 saturated carbocycles. The van der Waals surface area contributed by atoms with Gasteiger partial charge in [0.25, 0.3) is 0 Å². The first-order valence-electron chi connectivity index (χ1n) is 18.1. The van der Waals surface area contributed by atoms with Crippen LogP contribution < -0.4 is 0 Å². The summed E-state index contributed by atoms with van der Waals surface area (Å²) < 4.78 is 4.48. The Hall–Kier alpha value is -7.29. The van der Waals surface area contributed by atoms with Crippen molar-refractivity contribution < 1.29 is 0 Å². The first-order chi connectivity index (χ1) is 27.3. The van der Waals surface area contributed by atoms with Gasteiger partial charge in [-0.15, -0.1) is 10.2 Å². The summed E-state index contributed by atoms with van der Waals surface area (Å²) in [5, 5.41) is 15.8. The molecule has 0 N–H and O–H groups in total. The molecule has 0 atom stereocenters. The minimum absolute atomic E-state index is 0.552. The maximum Gasteiger partial charge on any atom is 0.238 e. The number of hydrogen-bond donors (Lipinski definition) is 0. The molecule has 4 aromatic heterocycles. The van der Waals surface area contributed by atoms with Crippen LogP contribution in [0.25, 0.3) is 99.2 Å². The van der Waals surface area contributed by atoms with E-state index in [0.29, 0.717) is 17.6 Å². The van der Waals surface area contributed by atoms with Crippen molar-refractivity contribution in [2.24, 2.45) is 0 Å². The van der Waals surface area contributed by atoms with Crippen LogP contribution in [0, 0.1) is 0 Å². The molecular weight excluding hydrogens is 695 g/mol. The zero-order chi connectivity index (χ0) is 36.3. The zero-order valence-electron chi connectivity index (χ0n) is 29.3. The molecule has 258 valence electrons. The van der Waals surface area contributed by atoms with Crippen molar-refractivity contribution in [3.63, 3.8) is 0 Å². The van der Waals surface area contributed by atoms with Gasteiger partial charge in [-0.05, 0) is 36.4 Å². The van der Waals surface area contributed by atoms with Crippen molar-refractivity contribution in [1.82, 2.24) is 34.3 Å². The summed E-state index contributed by atoms with van der Waals surface area (Å²) in [6.07, 6.45) is 0. The number of hydrogen-bond acceptors (Lipinski definition) is 6. The van der Waals surface area contributed by atoms with Gasteiger partial charge in [-0.25, -0.2) is 4.98 Å². The van der Waals surface area contributed by atoms with Gasteiger partial charge in [0.2, 0.25) is 5.95 Å². The van der Waals surface area contributed by atoms with Gasteiger partial charge in [0.15, 0.2) is 11.6 Å². The number of para-hydroxylation sites is 3. The predicted octanol–water partition coefficient (Wildman–Crippen LogP) is 11.6. The number of aromatic nitrogens is 7. The third-order valence-corrected chi connectivity index (χ3v) is 11.2. The van der Waals surface area contributed by atoms with E-state index in [4.69, 9.17) is 25.1 Å². The SMILES string of the molecule is c1ccc(-c2nc(-c3ccccc3)nc(-n3c4ccccc4c4ccc(-c5nnc(-c6ccc7c8ccccc8n(-c8ccccc8)c7c6)s5)cc43)n2)cc1. The summed E-state index contributed by atoms with van der Waals surface area (Å²) in [5.74, 6) is 1.78. The Balaban J connectivity index is 1.06. The Morgan fingerprint density at radius 2 is 0.782 bits per heavy atom. The molecule has 0 bridgehead atoms. The Bertz CT molecular complexity index is 3140. The van der Waals surface area contributed by atoms with Crippen LogP contribution in [0.2, 0.25) is 0 Å². The van der Waals surface area contributed by atoms with Gasteiger partial charge in [-0.1, -0.05) is 151 Å². The van der Waals surface area contributed by atoms with E-state index in [0.717, 1.165) is 65.3 Å². The van der Waals surface area contributed by atoms with Gasteiger partial charge in [0.1, 0.15) is 10.0 Å². The van der Waals surface area contributed by atoms with E-state index in [-0.39, 0.29) is 0 Å². The lowest BCUT2D eigenvalue weighted by atomic mass is 10.1. The van der Waals surface area contributed by atoms with E-state index in [2.05, 4.69) is 124 Å². The summed E-state index contributed by atoms with van der Waals surface area (Å²) in [5.41, 5.74) is 9.27. The summed E-state index contributed by atoms with van der Waals surface area (Å²) in [6, 6.07) is 60.7.